The van der Waals surface area contributed by atoms with Crippen molar-refractivity contribution in [1.82, 2.24) is 10.6 Å². The van der Waals surface area contributed by atoms with Crippen molar-refractivity contribution in [2.45, 2.75) is 31.4 Å². The second-order valence-electron chi connectivity index (χ2n) is 10.1. The molecule has 1 aliphatic rings. The number of amides is 2. The Morgan fingerprint density at radius 1 is 0.732 bits per heavy atom. The Hall–Kier alpha value is -4.75. The average Bonchev–Trinajstić information content (AvgIpc) is 3.33. The Balaban J connectivity index is 1.17. The van der Waals surface area contributed by atoms with E-state index in [2.05, 4.69) is 22.8 Å². The SMILES string of the molecule is O=C(CNC(=O)OCC1c2ccccc2-c2ccccc21)NC(Cc1ccccc1)C(=O)Cc1ccc(CO)cc1. The van der Waals surface area contributed by atoms with E-state index in [1.165, 1.54) is 0 Å². The van der Waals surface area contributed by atoms with E-state index in [0.29, 0.717) is 6.42 Å². The largest absolute Gasteiger partial charge is 0.449 e. The molecule has 7 nitrogen and oxygen atoms in total. The lowest BCUT2D eigenvalue weighted by Crippen LogP contribution is -2.47. The van der Waals surface area contributed by atoms with Crippen molar-refractivity contribution in [1.29, 1.82) is 0 Å². The molecule has 1 atom stereocenters. The number of carbonyl (C=O) groups is 3. The fraction of sp³-hybridized carbons (Fsp3) is 0.206. The Bertz CT molecular complexity index is 1470. The zero-order valence-corrected chi connectivity index (χ0v) is 22.6. The van der Waals surface area contributed by atoms with Crippen LogP contribution in [0.3, 0.4) is 0 Å². The van der Waals surface area contributed by atoms with E-state index in [1.54, 1.807) is 24.3 Å². The number of hydrogen-bond donors (Lipinski definition) is 3. The molecule has 0 spiro atoms. The quantitative estimate of drug-likeness (QED) is 0.255. The molecule has 208 valence electrons. The number of aliphatic hydroxyl groups excluding tert-OH is 1. The van der Waals surface area contributed by atoms with Gasteiger partial charge >= 0.3 is 6.09 Å². The van der Waals surface area contributed by atoms with Crippen LogP contribution < -0.4 is 10.6 Å². The zero-order chi connectivity index (χ0) is 28.6. The van der Waals surface area contributed by atoms with Crippen molar-refractivity contribution >= 4 is 17.8 Å². The molecule has 2 amide bonds. The number of ketones is 1. The molecule has 0 aliphatic heterocycles. The van der Waals surface area contributed by atoms with Crippen LogP contribution >= 0.6 is 0 Å². The van der Waals surface area contributed by atoms with Crippen LogP contribution in [-0.4, -0.2) is 42.1 Å². The van der Waals surface area contributed by atoms with E-state index in [-0.39, 0.29) is 37.9 Å². The number of hydrogen-bond acceptors (Lipinski definition) is 5. The summed E-state index contributed by atoms with van der Waals surface area (Å²) in [6, 6.07) is 31.9. The summed E-state index contributed by atoms with van der Waals surface area (Å²) in [5.41, 5.74) is 6.93. The monoisotopic (exact) mass is 548 g/mol. The van der Waals surface area contributed by atoms with Crippen molar-refractivity contribution in [3.8, 4) is 11.1 Å². The van der Waals surface area contributed by atoms with Gasteiger partial charge in [0.05, 0.1) is 12.6 Å². The molecule has 3 N–H and O–H groups in total. The van der Waals surface area contributed by atoms with Crippen molar-refractivity contribution in [2.24, 2.45) is 0 Å². The van der Waals surface area contributed by atoms with Crippen LogP contribution in [0.15, 0.2) is 103 Å². The predicted molar refractivity (Wildman–Crippen MR) is 156 cm³/mol. The number of nitrogens with one attached hydrogen (secondary N) is 2. The highest BCUT2D eigenvalue weighted by molar-refractivity contribution is 5.92. The first-order chi connectivity index (χ1) is 20.0. The number of Topliss-reactive ketones (excluding diaryl/α,β-unsaturated/α-hetero) is 1. The topological polar surface area (TPSA) is 105 Å². The Morgan fingerprint density at radius 2 is 1.32 bits per heavy atom. The van der Waals surface area contributed by atoms with Crippen LogP contribution in [0.1, 0.15) is 33.7 Å². The molecule has 41 heavy (non-hydrogen) atoms. The van der Waals surface area contributed by atoms with Crippen LogP contribution in [0, 0.1) is 0 Å². The summed E-state index contributed by atoms with van der Waals surface area (Å²) in [6.07, 6.45) is -0.245. The molecule has 1 aliphatic carbocycles. The van der Waals surface area contributed by atoms with Crippen molar-refractivity contribution in [2.75, 3.05) is 13.2 Å². The Morgan fingerprint density at radius 3 is 1.95 bits per heavy atom. The summed E-state index contributed by atoms with van der Waals surface area (Å²) in [4.78, 5) is 38.6. The number of carbonyl (C=O) groups excluding carboxylic acids is 3. The average molecular weight is 549 g/mol. The fourth-order valence-electron chi connectivity index (χ4n) is 5.23. The maximum absolute atomic E-state index is 13.2. The van der Waals surface area contributed by atoms with Crippen molar-refractivity contribution in [3.63, 3.8) is 0 Å². The molecule has 0 aromatic heterocycles. The van der Waals surface area contributed by atoms with E-state index >= 15 is 0 Å². The summed E-state index contributed by atoms with van der Waals surface area (Å²) in [5, 5.41) is 14.6. The zero-order valence-electron chi connectivity index (χ0n) is 22.6. The molecule has 0 fully saturated rings. The van der Waals surface area contributed by atoms with Gasteiger partial charge in [-0.3, -0.25) is 9.59 Å². The number of rotatable bonds is 11. The highest BCUT2D eigenvalue weighted by Crippen LogP contribution is 2.44. The first-order valence-electron chi connectivity index (χ1n) is 13.7. The maximum atomic E-state index is 13.2. The molecular formula is C34H32N2O5. The van der Waals surface area contributed by atoms with Gasteiger partial charge in [-0.2, -0.15) is 0 Å². The molecule has 0 saturated carbocycles. The smallest absolute Gasteiger partial charge is 0.407 e. The predicted octanol–water partition coefficient (Wildman–Crippen LogP) is 4.56. The van der Waals surface area contributed by atoms with E-state index in [4.69, 9.17) is 4.74 Å². The maximum Gasteiger partial charge on any atom is 0.407 e. The summed E-state index contributed by atoms with van der Waals surface area (Å²) in [6.45, 7) is -0.246. The summed E-state index contributed by atoms with van der Waals surface area (Å²) < 4.78 is 5.52. The molecule has 4 aromatic carbocycles. The highest BCUT2D eigenvalue weighted by Gasteiger charge is 2.29. The van der Waals surface area contributed by atoms with Gasteiger partial charge in [0.2, 0.25) is 5.91 Å². The van der Waals surface area contributed by atoms with Crippen LogP contribution in [0.4, 0.5) is 4.79 Å². The van der Waals surface area contributed by atoms with Crippen molar-refractivity contribution in [3.05, 3.63) is 131 Å². The van der Waals surface area contributed by atoms with E-state index in [9.17, 15) is 19.5 Å². The lowest BCUT2D eigenvalue weighted by Gasteiger charge is -2.19. The molecule has 0 heterocycles. The molecule has 0 bridgehead atoms. The number of alkyl carbamates (subject to hydrolysis) is 1. The van der Waals surface area contributed by atoms with E-state index in [1.807, 2.05) is 66.7 Å². The van der Waals surface area contributed by atoms with Crippen LogP contribution in [-0.2, 0) is 33.8 Å². The van der Waals surface area contributed by atoms with Crippen molar-refractivity contribution < 1.29 is 24.2 Å². The van der Waals surface area contributed by atoms with Gasteiger partial charge in [0.1, 0.15) is 13.2 Å². The molecule has 4 aromatic rings. The third kappa shape index (κ3) is 6.88. The van der Waals surface area contributed by atoms with Gasteiger partial charge in [0.25, 0.3) is 0 Å². The normalized spacial score (nSPS) is 12.6. The Labute approximate surface area is 239 Å². The van der Waals surface area contributed by atoms with Gasteiger partial charge in [-0.05, 0) is 45.4 Å². The number of ether oxygens (including phenoxy) is 1. The van der Waals surface area contributed by atoms with E-state index < -0.39 is 18.0 Å². The van der Waals surface area contributed by atoms with E-state index in [0.717, 1.165) is 38.9 Å². The van der Waals surface area contributed by atoms with Crippen LogP contribution in [0.2, 0.25) is 0 Å². The highest BCUT2D eigenvalue weighted by atomic mass is 16.5. The summed E-state index contributed by atoms with van der Waals surface area (Å²) in [5.74, 6) is -0.718. The minimum Gasteiger partial charge on any atom is -0.449 e. The first-order valence-corrected chi connectivity index (χ1v) is 13.7. The molecule has 1 unspecified atom stereocenters. The van der Waals surface area contributed by atoms with Gasteiger partial charge in [-0.15, -0.1) is 0 Å². The molecule has 7 heteroatoms. The van der Waals surface area contributed by atoms with Gasteiger partial charge < -0.3 is 20.5 Å². The second kappa shape index (κ2) is 13.1. The number of benzene rings is 4. The second-order valence-corrected chi connectivity index (χ2v) is 10.1. The third-order valence-electron chi connectivity index (χ3n) is 7.33. The molecule has 0 saturated heterocycles. The van der Waals surface area contributed by atoms with Crippen LogP contribution in [0.25, 0.3) is 11.1 Å². The molecule has 0 radical (unpaired) electrons. The van der Waals surface area contributed by atoms with Gasteiger partial charge in [0, 0.05) is 12.3 Å². The number of fused-ring (bicyclic) bond motifs is 3. The fourth-order valence-corrected chi connectivity index (χ4v) is 5.23. The minimum absolute atomic E-state index is 0.0718. The lowest BCUT2D eigenvalue weighted by atomic mass is 9.97. The minimum atomic E-state index is -0.772. The molecular weight excluding hydrogens is 516 g/mol. The lowest BCUT2D eigenvalue weighted by molar-refractivity contribution is -0.127. The van der Waals surface area contributed by atoms with Crippen LogP contribution in [0.5, 0.6) is 0 Å². The molecule has 5 rings (SSSR count). The number of aliphatic hydroxyl groups is 1. The third-order valence-corrected chi connectivity index (χ3v) is 7.33. The van der Waals surface area contributed by atoms with Gasteiger partial charge in [-0.25, -0.2) is 4.79 Å². The first kappa shape index (κ1) is 27.8. The van der Waals surface area contributed by atoms with Gasteiger partial charge in [-0.1, -0.05) is 103 Å². The standard InChI is InChI=1S/C34H32N2O5/c37-21-25-16-14-24(15-17-25)19-32(38)31(18-23-8-2-1-3-9-23)36-33(39)20-35-34(40)41-22-30-28-12-6-4-10-26(28)27-11-5-7-13-29(27)30/h1-17,30-31,37H,18-22H2,(H,35,40)(H,36,39). The Kier molecular flexibility index (Phi) is 8.86. The summed E-state index contributed by atoms with van der Waals surface area (Å²) >= 11 is 0. The summed E-state index contributed by atoms with van der Waals surface area (Å²) in [7, 11) is 0. The van der Waals surface area contributed by atoms with Gasteiger partial charge in [0.15, 0.2) is 5.78 Å².